The highest BCUT2D eigenvalue weighted by molar-refractivity contribution is 4.51. The maximum atomic E-state index is 5.76. The van der Waals surface area contributed by atoms with Gasteiger partial charge < -0.3 is 4.74 Å². The summed E-state index contributed by atoms with van der Waals surface area (Å²) in [5.74, 6) is 0. The third-order valence-electron chi connectivity index (χ3n) is 7.03. The Morgan fingerprint density at radius 3 is 0.656 bits per heavy atom. The molecule has 0 aromatic carbocycles. The van der Waals surface area contributed by atoms with Gasteiger partial charge in [-0.3, -0.25) is 0 Å². The molecule has 0 aliphatic rings. The lowest BCUT2D eigenvalue weighted by molar-refractivity contribution is 0.125. The average molecular weight is 453 g/mol. The van der Waals surface area contributed by atoms with Gasteiger partial charge in [-0.05, 0) is 12.8 Å². The van der Waals surface area contributed by atoms with Crippen LogP contribution in [0.4, 0.5) is 0 Å². The van der Waals surface area contributed by atoms with Crippen LogP contribution in [0.25, 0.3) is 0 Å². The lowest BCUT2D eigenvalue weighted by atomic mass is 10.0. The van der Waals surface area contributed by atoms with E-state index in [0.717, 1.165) is 13.2 Å². The Kier molecular flexibility index (Phi) is 30.9. The monoisotopic (exact) mass is 452 g/mol. The summed E-state index contributed by atoms with van der Waals surface area (Å²) in [5.41, 5.74) is 0. The molecular formula is C31H64O. The summed E-state index contributed by atoms with van der Waals surface area (Å²) < 4.78 is 5.76. The molecular weight excluding hydrogens is 388 g/mol. The van der Waals surface area contributed by atoms with Crippen LogP contribution in [-0.2, 0) is 4.74 Å². The Bertz CT molecular complexity index is 271. The Morgan fingerprint density at radius 2 is 0.438 bits per heavy atom. The molecule has 0 atom stereocenters. The van der Waals surface area contributed by atoms with Crippen LogP contribution in [0.5, 0.6) is 0 Å². The van der Waals surface area contributed by atoms with Crippen LogP contribution in [0.3, 0.4) is 0 Å². The minimum Gasteiger partial charge on any atom is -0.381 e. The topological polar surface area (TPSA) is 9.23 Å². The number of unbranched alkanes of at least 4 members (excludes halogenated alkanes) is 25. The van der Waals surface area contributed by atoms with Crippen molar-refractivity contribution >= 4 is 0 Å². The lowest BCUT2D eigenvalue weighted by Gasteiger charge is -2.05. The van der Waals surface area contributed by atoms with Crippen molar-refractivity contribution in [1.82, 2.24) is 0 Å². The van der Waals surface area contributed by atoms with Gasteiger partial charge in [-0.25, -0.2) is 0 Å². The van der Waals surface area contributed by atoms with E-state index < -0.39 is 0 Å². The van der Waals surface area contributed by atoms with Gasteiger partial charge in [-0.15, -0.1) is 0 Å². The highest BCUT2D eigenvalue weighted by Gasteiger charge is 1.96. The molecule has 0 saturated carbocycles. The molecule has 194 valence electrons. The summed E-state index contributed by atoms with van der Waals surface area (Å²) >= 11 is 0. The summed E-state index contributed by atoms with van der Waals surface area (Å²) in [6.45, 7) is 6.56. The maximum absolute atomic E-state index is 5.76. The molecule has 0 saturated heterocycles. The average Bonchev–Trinajstić information content (AvgIpc) is 2.81. The molecule has 0 unspecified atom stereocenters. The predicted molar refractivity (Wildman–Crippen MR) is 147 cm³/mol. The van der Waals surface area contributed by atoms with Crippen molar-refractivity contribution in [2.24, 2.45) is 0 Å². The lowest BCUT2D eigenvalue weighted by Crippen LogP contribution is -1.97. The first kappa shape index (κ1) is 32.0. The molecule has 1 heteroatoms. The molecule has 0 aliphatic carbocycles. The molecule has 0 spiro atoms. The predicted octanol–water partition coefficient (Wildman–Crippen LogP) is 11.6. The normalized spacial score (nSPS) is 11.4. The highest BCUT2D eigenvalue weighted by Crippen LogP contribution is 2.15. The summed E-state index contributed by atoms with van der Waals surface area (Å²) in [6, 6.07) is 0. The molecule has 0 fully saturated rings. The van der Waals surface area contributed by atoms with Crippen LogP contribution in [0.1, 0.15) is 187 Å². The molecule has 1 nitrogen and oxygen atoms in total. The molecule has 0 N–H and O–H groups in total. The molecule has 0 rings (SSSR count). The maximum Gasteiger partial charge on any atom is 0.0466 e. The number of hydrogen-bond acceptors (Lipinski definition) is 1. The van der Waals surface area contributed by atoms with Gasteiger partial charge in [-0.1, -0.05) is 174 Å². The Morgan fingerprint density at radius 1 is 0.250 bits per heavy atom. The van der Waals surface area contributed by atoms with Crippen LogP contribution < -0.4 is 0 Å². The van der Waals surface area contributed by atoms with Crippen molar-refractivity contribution in [3.8, 4) is 0 Å². The second-order valence-electron chi connectivity index (χ2n) is 10.5. The Hall–Kier alpha value is -0.0400. The van der Waals surface area contributed by atoms with E-state index in [0.29, 0.717) is 0 Å². The van der Waals surface area contributed by atoms with Gasteiger partial charge in [0.2, 0.25) is 0 Å². The Labute approximate surface area is 205 Å². The fourth-order valence-corrected chi connectivity index (χ4v) is 4.72. The fourth-order valence-electron chi connectivity index (χ4n) is 4.72. The number of ether oxygens (including phenoxy) is 1. The van der Waals surface area contributed by atoms with Crippen LogP contribution in [0.2, 0.25) is 0 Å². The van der Waals surface area contributed by atoms with E-state index in [2.05, 4.69) is 13.8 Å². The van der Waals surface area contributed by atoms with Gasteiger partial charge in [0.1, 0.15) is 0 Å². The van der Waals surface area contributed by atoms with Crippen molar-refractivity contribution in [2.45, 2.75) is 187 Å². The molecule has 0 aromatic heterocycles. The molecule has 0 heterocycles. The summed E-state index contributed by atoms with van der Waals surface area (Å²) in [5, 5.41) is 0. The van der Waals surface area contributed by atoms with E-state index in [1.807, 2.05) is 0 Å². The van der Waals surface area contributed by atoms with Gasteiger partial charge in [0.25, 0.3) is 0 Å². The summed E-state index contributed by atoms with van der Waals surface area (Å²) in [7, 11) is 0. The molecule has 0 amide bonds. The van der Waals surface area contributed by atoms with Crippen LogP contribution in [-0.4, -0.2) is 13.2 Å². The zero-order valence-electron chi connectivity index (χ0n) is 22.9. The smallest absolute Gasteiger partial charge is 0.0466 e. The van der Waals surface area contributed by atoms with E-state index in [4.69, 9.17) is 4.74 Å². The van der Waals surface area contributed by atoms with Gasteiger partial charge >= 0.3 is 0 Å². The standard InChI is InChI=1S/C31H64O/c1-3-5-7-9-10-11-12-13-14-15-16-17-18-19-20-21-22-23-24-25-27-29-31-32-30-28-26-8-6-4-2/h3-31H2,1-2H3. The van der Waals surface area contributed by atoms with Crippen molar-refractivity contribution in [3.05, 3.63) is 0 Å². The van der Waals surface area contributed by atoms with E-state index in [1.165, 1.54) is 173 Å². The van der Waals surface area contributed by atoms with E-state index in [9.17, 15) is 0 Å². The SMILES string of the molecule is CCCCCCCCCCCCCCCCCCCCCCCCOCCCCCCC. The van der Waals surface area contributed by atoms with Crippen LogP contribution >= 0.6 is 0 Å². The minimum atomic E-state index is 0.989. The molecule has 0 bridgehead atoms. The van der Waals surface area contributed by atoms with Crippen molar-refractivity contribution in [3.63, 3.8) is 0 Å². The first-order chi connectivity index (χ1) is 15.9. The second-order valence-corrected chi connectivity index (χ2v) is 10.5. The molecule has 0 aliphatic heterocycles. The highest BCUT2D eigenvalue weighted by atomic mass is 16.5. The quantitative estimate of drug-likeness (QED) is 0.102. The Balaban J connectivity index is 2.98. The summed E-state index contributed by atoms with van der Waals surface area (Å²) in [6.07, 6.45) is 38.7. The van der Waals surface area contributed by atoms with Gasteiger partial charge in [0, 0.05) is 13.2 Å². The summed E-state index contributed by atoms with van der Waals surface area (Å²) in [4.78, 5) is 0. The second kappa shape index (κ2) is 31.0. The van der Waals surface area contributed by atoms with Crippen molar-refractivity contribution in [1.29, 1.82) is 0 Å². The van der Waals surface area contributed by atoms with Crippen molar-refractivity contribution in [2.75, 3.05) is 13.2 Å². The molecule has 0 radical (unpaired) electrons. The minimum absolute atomic E-state index is 0.989. The van der Waals surface area contributed by atoms with Gasteiger partial charge in [-0.2, -0.15) is 0 Å². The third kappa shape index (κ3) is 30.0. The first-order valence-electron chi connectivity index (χ1n) is 15.5. The van der Waals surface area contributed by atoms with E-state index >= 15 is 0 Å². The largest absolute Gasteiger partial charge is 0.381 e. The van der Waals surface area contributed by atoms with Crippen LogP contribution in [0.15, 0.2) is 0 Å². The third-order valence-corrected chi connectivity index (χ3v) is 7.03. The zero-order chi connectivity index (χ0) is 23.2. The van der Waals surface area contributed by atoms with Crippen LogP contribution in [0, 0.1) is 0 Å². The van der Waals surface area contributed by atoms with E-state index in [1.54, 1.807) is 0 Å². The number of hydrogen-bond donors (Lipinski definition) is 0. The van der Waals surface area contributed by atoms with E-state index in [-0.39, 0.29) is 0 Å². The molecule has 32 heavy (non-hydrogen) atoms. The van der Waals surface area contributed by atoms with Crippen molar-refractivity contribution < 1.29 is 4.74 Å². The number of rotatable bonds is 29. The molecule has 0 aromatic rings. The van der Waals surface area contributed by atoms with Gasteiger partial charge in [0.15, 0.2) is 0 Å². The first-order valence-corrected chi connectivity index (χ1v) is 15.5. The fraction of sp³-hybridized carbons (Fsp3) is 1.00. The van der Waals surface area contributed by atoms with Gasteiger partial charge in [0.05, 0.1) is 0 Å². The zero-order valence-corrected chi connectivity index (χ0v) is 22.9.